The summed E-state index contributed by atoms with van der Waals surface area (Å²) in [5.74, 6) is 1.12. The highest BCUT2D eigenvalue weighted by Gasteiger charge is 2.16. The van der Waals surface area contributed by atoms with Crippen LogP contribution >= 0.6 is 11.8 Å². The zero-order valence-electron chi connectivity index (χ0n) is 12.1. The Labute approximate surface area is 132 Å². The predicted octanol–water partition coefficient (Wildman–Crippen LogP) is 2.79. The highest BCUT2D eigenvalue weighted by atomic mass is 32.2. The van der Waals surface area contributed by atoms with Crippen molar-refractivity contribution in [3.05, 3.63) is 42.0 Å². The van der Waals surface area contributed by atoms with Gasteiger partial charge < -0.3 is 10.1 Å². The van der Waals surface area contributed by atoms with E-state index in [1.165, 1.54) is 11.8 Å². The molecule has 1 amide bonds. The molecule has 2 aromatic rings. The van der Waals surface area contributed by atoms with Crippen LogP contribution in [-0.2, 0) is 4.79 Å². The maximum absolute atomic E-state index is 11.1. The van der Waals surface area contributed by atoms with Crippen molar-refractivity contribution in [2.24, 2.45) is 10.2 Å². The molecule has 0 aliphatic carbocycles. The fourth-order valence-electron chi connectivity index (χ4n) is 2.21. The van der Waals surface area contributed by atoms with Crippen molar-refractivity contribution in [2.75, 3.05) is 12.4 Å². The molecule has 0 saturated carbocycles. The third-order valence-corrected chi connectivity index (χ3v) is 4.02. The number of ether oxygens (including phenoxy) is 1. The summed E-state index contributed by atoms with van der Waals surface area (Å²) in [6.07, 6.45) is 1.67. The number of hydrogen-bond acceptors (Lipinski definition) is 5. The van der Waals surface area contributed by atoms with Crippen LogP contribution in [0.1, 0.15) is 12.5 Å². The van der Waals surface area contributed by atoms with Gasteiger partial charge in [-0.2, -0.15) is 5.10 Å². The van der Waals surface area contributed by atoms with Crippen LogP contribution in [-0.4, -0.2) is 29.6 Å². The van der Waals surface area contributed by atoms with E-state index in [9.17, 15) is 4.79 Å². The quantitative estimate of drug-likeness (QED) is 0.697. The van der Waals surface area contributed by atoms with Gasteiger partial charge in [0, 0.05) is 5.56 Å². The molecule has 0 radical (unpaired) electrons. The van der Waals surface area contributed by atoms with Gasteiger partial charge in [0.15, 0.2) is 5.17 Å². The molecule has 1 aliphatic heterocycles. The summed E-state index contributed by atoms with van der Waals surface area (Å²) in [6, 6.07) is 12.0. The number of nitrogens with zero attached hydrogens (tertiary/aromatic N) is 2. The summed E-state index contributed by atoms with van der Waals surface area (Å²) >= 11 is 1.35. The number of amidine groups is 1. The zero-order valence-corrected chi connectivity index (χ0v) is 12.9. The average molecular weight is 313 g/mol. The van der Waals surface area contributed by atoms with E-state index in [4.69, 9.17) is 4.74 Å². The van der Waals surface area contributed by atoms with Crippen LogP contribution in [0.4, 0.5) is 0 Å². The van der Waals surface area contributed by atoms with Crippen LogP contribution in [0, 0.1) is 0 Å². The first-order valence-electron chi connectivity index (χ1n) is 6.96. The number of carbonyl (C=O) groups is 1. The van der Waals surface area contributed by atoms with Crippen LogP contribution < -0.4 is 10.1 Å². The van der Waals surface area contributed by atoms with Gasteiger partial charge in [0.2, 0.25) is 5.91 Å². The molecule has 3 rings (SSSR count). The Kier molecular flexibility index (Phi) is 4.39. The number of fused-ring (bicyclic) bond motifs is 1. The first-order chi connectivity index (χ1) is 10.8. The monoisotopic (exact) mass is 313 g/mol. The van der Waals surface area contributed by atoms with E-state index in [2.05, 4.69) is 15.5 Å². The molecule has 5 nitrogen and oxygen atoms in total. The summed E-state index contributed by atoms with van der Waals surface area (Å²) in [7, 11) is 0. The minimum Gasteiger partial charge on any atom is -0.493 e. The fraction of sp³-hybridized carbons (Fsp3) is 0.188. The predicted molar refractivity (Wildman–Crippen MR) is 90.7 cm³/mol. The van der Waals surface area contributed by atoms with E-state index in [0.717, 1.165) is 22.1 Å². The molecule has 0 bridgehead atoms. The van der Waals surface area contributed by atoms with Gasteiger partial charge in [-0.3, -0.25) is 4.79 Å². The molecule has 1 aliphatic rings. The third-order valence-electron chi connectivity index (χ3n) is 3.15. The number of amides is 1. The number of nitrogens with one attached hydrogen (secondary N) is 1. The highest BCUT2D eigenvalue weighted by molar-refractivity contribution is 8.15. The molecule has 112 valence electrons. The normalized spacial score (nSPS) is 16.6. The zero-order chi connectivity index (χ0) is 15.4. The van der Waals surface area contributed by atoms with Gasteiger partial charge in [0.05, 0.1) is 18.6 Å². The van der Waals surface area contributed by atoms with Crippen LogP contribution in [0.5, 0.6) is 5.75 Å². The second kappa shape index (κ2) is 6.62. The van der Waals surface area contributed by atoms with Gasteiger partial charge >= 0.3 is 0 Å². The molecule has 1 saturated heterocycles. The summed E-state index contributed by atoms with van der Waals surface area (Å²) in [5, 5.41) is 13.5. The summed E-state index contributed by atoms with van der Waals surface area (Å²) in [6.45, 7) is 2.53. The minimum absolute atomic E-state index is 0.0425. The van der Waals surface area contributed by atoms with Crippen molar-refractivity contribution in [1.82, 2.24) is 5.32 Å². The lowest BCUT2D eigenvalue weighted by Crippen LogP contribution is -2.19. The minimum atomic E-state index is -0.0425. The molecule has 1 N–H and O–H groups in total. The number of carbonyl (C=O) groups excluding carboxylic acids is 1. The van der Waals surface area contributed by atoms with Crippen molar-refractivity contribution in [3.8, 4) is 5.75 Å². The maximum Gasteiger partial charge on any atom is 0.236 e. The summed E-state index contributed by atoms with van der Waals surface area (Å²) in [5.41, 5.74) is 0.888. The molecule has 22 heavy (non-hydrogen) atoms. The molecule has 0 atom stereocenters. The van der Waals surface area contributed by atoms with Crippen molar-refractivity contribution >= 4 is 39.8 Å². The number of thioether (sulfide) groups is 1. The second-order valence-electron chi connectivity index (χ2n) is 4.62. The van der Waals surface area contributed by atoms with E-state index in [1.807, 2.05) is 43.3 Å². The Balaban J connectivity index is 1.97. The van der Waals surface area contributed by atoms with Crippen molar-refractivity contribution in [2.45, 2.75) is 6.92 Å². The van der Waals surface area contributed by atoms with Crippen molar-refractivity contribution in [3.63, 3.8) is 0 Å². The standard InChI is InChI=1S/C16H15N3O2S/c1-2-21-14-8-7-11-5-3-4-6-12(11)13(14)9-17-19-16-18-15(20)10-22-16/h3-9H,2,10H2,1H3,(H,18,19,20). The molecule has 0 aromatic heterocycles. The van der Waals surface area contributed by atoms with Gasteiger partial charge in [-0.05, 0) is 23.8 Å². The van der Waals surface area contributed by atoms with E-state index in [1.54, 1.807) is 6.21 Å². The first kappa shape index (κ1) is 14.6. The number of hydrogen-bond donors (Lipinski definition) is 1. The van der Waals surface area contributed by atoms with Crippen LogP contribution in [0.15, 0.2) is 46.6 Å². The van der Waals surface area contributed by atoms with Gasteiger partial charge in [-0.1, -0.05) is 42.1 Å². The summed E-state index contributed by atoms with van der Waals surface area (Å²) < 4.78 is 5.67. The Morgan fingerprint density at radius 2 is 2.18 bits per heavy atom. The Hall–Kier alpha value is -2.34. The molecular weight excluding hydrogens is 298 g/mol. The first-order valence-corrected chi connectivity index (χ1v) is 7.94. The van der Waals surface area contributed by atoms with Crippen LogP contribution in [0.25, 0.3) is 10.8 Å². The molecule has 0 unspecified atom stereocenters. The van der Waals surface area contributed by atoms with E-state index in [-0.39, 0.29) is 5.91 Å². The molecule has 1 heterocycles. The topological polar surface area (TPSA) is 63.1 Å². The molecule has 1 fully saturated rings. The Morgan fingerprint density at radius 3 is 2.95 bits per heavy atom. The van der Waals surface area contributed by atoms with Gasteiger partial charge in [0.1, 0.15) is 5.75 Å². The second-order valence-corrected chi connectivity index (χ2v) is 5.58. The third kappa shape index (κ3) is 3.12. The maximum atomic E-state index is 11.1. The lowest BCUT2D eigenvalue weighted by atomic mass is 10.0. The molecule has 0 spiro atoms. The molecular formula is C16H15N3O2S. The largest absolute Gasteiger partial charge is 0.493 e. The van der Waals surface area contributed by atoms with Crippen LogP contribution in [0.3, 0.4) is 0 Å². The fourth-order valence-corrected chi connectivity index (χ4v) is 2.84. The highest BCUT2D eigenvalue weighted by Crippen LogP contribution is 2.26. The van der Waals surface area contributed by atoms with Crippen molar-refractivity contribution in [1.29, 1.82) is 0 Å². The molecule has 2 aromatic carbocycles. The Morgan fingerprint density at radius 1 is 1.32 bits per heavy atom. The summed E-state index contributed by atoms with van der Waals surface area (Å²) in [4.78, 5) is 11.1. The lowest BCUT2D eigenvalue weighted by molar-refractivity contribution is -0.116. The number of rotatable bonds is 4. The van der Waals surface area contributed by atoms with Gasteiger partial charge in [0.25, 0.3) is 0 Å². The Bertz CT molecular complexity index is 771. The van der Waals surface area contributed by atoms with Crippen LogP contribution in [0.2, 0.25) is 0 Å². The van der Waals surface area contributed by atoms with E-state index >= 15 is 0 Å². The van der Waals surface area contributed by atoms with Gasteiger partial charge in [-0.25, -0.2) is 0 Å². The average Bonchev–Trinajstić information content (AvgIpc) is 2.95. The SMILES string of the molecule is CCOc1ccc2ccccc2c1C=NN=C1NC(=O)CS1. The smallest absolute Gasteiger partial charge is 0.236 e. The van der Waals surface area contributed by atoms with E-state index in [0.29, 0.717) is 17.5 Å². The van der Waals surface area contributed by atoms with E-state index < -0.39 is 0 Å². The lowest BCUT2D eigenvalue weighted by Gasteiger charge is -2.09. The van der Waals surface area contributed by atoms with Crippen molar-refractivity contribution < 1.29 is 9.53 Å². The molecule has 6 heteroatoms. The van der Waals surface area contributed by atoms with Gasteiger partial charge in [-0.15, -0.1) is 5.10 Å². The number of benzene rings is 2.